The lowest BCUT2D eigenvalue weighted by molar-refractivity contribution is -0.293. The minimum Gasteiger partial charge on any atom is -0.459 e. The quantitative estimate of drug-likeness (QED) is 0.0656. The monoisotopic (exact) mass is 717 g/mol. The van der Waals surface area contributed by atoms with Crippen LogP contribution in [0.5, 0.6) is 0 Å². The van der Waals surface area contributed by atoms with E-state index in [4.69, 9.17) is 23.4 Å². The first-order chi connectivity index (χ1) is 23.9. The Hall–Kier alpha value is -3.15. The smallest absolute Gasteiger partial charge is 0.303 e. The molecule has 0 aromatic heterocycles. The molecular formula is C39H51N3O6SSi. The van der Waals surface area contributed by atoms with Gasteiger partial charge in [-0.15, -0.1) is 0 Å². The highest BCUT2D eigenvalue weighted by Crippen LogP contribution is 2.42. The molecule has 2 aliphatic heterocycles. The van der Waals surface area contributed by atoms with Gasteiger partial charge in [0.05, 0.1) is 24.9 Å². The molecule has 0 radical (unpaired) electrons. The first kappa shape index (κ1) is 38.1. The van der Waals surface area contributed by atoms with E-state index in [0.29, 0.717) is 6.61 Å². The fourth-order valence-corrected chi connectivity index (χ4v) is 13.1. The lowest BCUT2D eigenvalue weighted by Crippen LogP contribution is -2.67. The summed E-state index contributed by atoms with van der Waals surface area (Å²) in [4.78, 5) is 16.7. The van der Waals surface area contributed by atoms with Crippen LogP contribution < -0.4 is 10.4 Å². The van der Waals surface area contributed by atoms with Crippen molar-refractivity contribution in [3.05, 3.63) is 101 Å². The third-order valence-electron chi connectivity index (χ3n) is 10.3. The standard InChI is InChI=1S/C39H51N3O6SSi/c1-25-26(2)34(41-42-40)37(48-36-28(4)45-38(27(3)35(36)46-29(5)43)49-30-18-12-9-13-19-30)47-33(25)24-44-50(39(6,7)8,31-20-14-10-15-21-31)32-22-16-11-17-23-32/h9-23,25-28,33-38H,24H2,1-8H3/t25-,26-,27?,28?,33?,34?,35-,36+,37+,38-/m0/s1. The Morgan fingerprint density at radius 2 is 1.40 bits per heavy atom. The van der Waals surface area contributed by atoms with Crippen LogP contribution in [0.1, 0.15) is 55.4 Å². The number of esters is 1. The minimum atomic E-state index is -2.85. The summed E-state index contributed by atoms with van der Waals surface area (Å²) in [5.41, 5.74) is 9.36. The van der Waals surface area contributed by atoms with Gasteiger partial charge in [0.15, 0.2) is 6.29 Å². The van der Waals surface area contributed by atoms with Crippen LogP contribution in [-0.4, -0.2) is 63.1 Å². The largest absolute Gasteiger partial charge is 0.459 e. The summed E-state index contributed by atoms with van der Waals surface area (Å²) in [5, 5.41) is 6.35. The maximum atomic E-state index is 12.4. The van der Waals surface area contributed by atoms with Crippen molar-refractivity contribution in [1.29, 1.82) is 0 Å². The molecule has 2 heterocycles. The van der Waals surface area contributed by atoms with Gasteiger partial charge in [-0.3, -0.25) is 4.79 Å². The van der Waals surface area contributed by atoms with Crippen LogP contribution in [0.25, 0.3) is 10.4 Å². The first-order valence-corrected chi connectivity index (χ1v) is 20.3. The van der Waals surface area contributed by atoms with E-state index in [0.717, 1.165) is 4.90 Å². The van der Waals surface area contributed by atoms with Gasteiger partial charge in [-0.2, -0.15) is 0 Å². The van der Waals surface area contributed by atoms with Gasteiger partial charge in [-0.1, -0.05) is 137 Å². The molecule has 10 atom stereocenters. The van der Waals surface area contributed by atoms with Crippen molar-refractivity contribution in [2.75, 3.05) is 6.61 Å². The summed E-state index contributed by atoms with van der Waals surface area (Å²) in [6.45, 7) is 16.6. The van der Waals surface area contributed by atoms with Crippen molar-refractivity contribution in [1.82, 2.24) is 0 Å². The van der Waals surface area contributed by atoms with Crippen LogP contribution >= 0.6 is 11.8 Å². The van der Waals surface area contributed by atoms with Gasteiger partial charge >= 0.3 is 5.97 Å². The summed E-state index contributed by atoms with van der Waals surface area (Å²) in [5.74, 6) is -0.721. The van der Waals surface area contributed by atoms with Crippen LogP contribution in [0.2, 0.25) is 5.04 Å². The predicted octanol–water partition coefficient (Wildman–Crippen LogP) is 7.73. The Bertz CT molecular complexity index is 1550. The number of nitrogens with zero attached hydrogens (tertiary/aromatic N) is 3. The lowest BCUT2D eigenvalue weighted by atomic mass is 9.82. The Labute approximate surface area is 302 Å². The van der Waals surface area contributed by atoms with E-state index in [1.54, 1.807) is 11.8 Å². The van der Waals surface area contributed by atoms with Gasteiger partial charge in [0.25, 0.3) is 8.32 Å². The molecule has 50 heavy (non-hydrogen) atoms. The van der Waals surface area contributed by atoms with Crippen LogP contribution in [0.3, 0.4) is 0 Å². The highest BCUT2D eigenvalue weighted by molar-refractivity contribution is 7.99. The molecule has 0 amide bonds. The highest BCUT2D eigenvalue weighted by atomic mass is 32.2. The average molecular weight is 718 g/mol. The van der Waals surface area contributed by atoms with Crippen LogP contribution in [0, 0.1) is 17.8 Å². The number of ether oxygens (including phenoxy) is 4. The second-order valence-electron chi connectivity index (χ2n) is 14.6. The zero-order chi connectivity index (χ0) is 36.1. The molecule has 4 unspecified atom stereocenters. The van der Waals surface area contributed by atoms with Crippen molar-refractivity contribution < 1.29 is 28.2 Å². The molecule has 2 aliphatic rings. The topological polar surface area (TPSA) is 112 Å². The van der Waals surface area contributed by atoms with Gasteiger partial charge in [0, 0.05) is 22.6 Å². The molecule has 268 valence electrons. The molecule has 0 spiro atoms. The minimum absolute atomic E-state index is 0.0153. The summed E-state index contributed by atoms with van der Waals surface area (Å²) in [6, 6.07) is 30.4. The molecule has 2 fully saturated rings. The van der Waals surface area contributed by atoms with Gasteiger partial charge in [0.1, 0.15) is 17.6 Å². The van der Waals surface area contributed by atoms with Crippen molar-refractivity contribution >= 4 is 36.4 Å². The number of carbonyl (C=O) groups excluding carboxylic acids is 1. The van der Waals surface area contributed by atoms with Gasteiger partial charge in [0.2, 0.25) is 0 Å². The SMILES string of the molecule is CC(=O)O[C@H]1C(C)[C@H](Sc2ccccc2)OC(C)[C@H]1O[C@H]1OC(CO[Si](c2ccccc2)(c2ccccc2)C(C)(C)C)[C@@H](C)[C@H](C)C1N=[N+]=[N-]. The molecule has 5 rings (SSSR count). The normalized spacial score (nSPS) is 30.2. The zero-order valence-electron chi connectivity index (χ0n) is 30.3. The number of thioether (sulfide) groups is 1. The Kier molecular flexibility index (Phi) is 12.5. The number of carbonyl (C=O) groups is 1. The van der Waals surface area contributed by atoms with E-state index >= 15 is 0 Å². The molecule has 0 saturated carbocycles. The molecule has 0 bridgehead atoms. The average Bonchev–Trinajstić information content (AvgIpc) is 3.09. The maximum Gasteiger partial charge on any atom is 0.303 e. The second-order valence-corrected chi connectivity index (χ2v) is 20.1. The molecule has 0 aliphatic carbocycles. The molecule has 2 saturated heterocycles. The maximum absolute atomic E-state index is 12.4. The van der Waals surface area contributed by atoms with E-state index in [9.17, 15) is 10.3 Å². The van der Waals surface area contributed by atoms with Crippen LogP contribution in [-0.2, 0) is 28.2 Å². The Morgan fingerprint density at radius 3 is 1.92 bits per heavy atom. The number of rotatable bonds is 11. The fraction of sp³-hybridized carbons (Fsp3) is 0.513. The van der Waals surface area contributed by atoms with Crippen LogP contribution in [0.4, 0.5) is 0 Å². The Morgan fingerprint density at radius 1 is 0.840 bits per heavy atom. The summed E-state index contributed by atoms with van der Waals surface area (Å²) >= 11 is 1.59. The third kappa shape index (κ3) is 8.15. The third-order valence-corrected chi connectivity index (χ3v) is 16.6. The van der Waals surface area contributed by atoms with Crippen molar-refractivity contribution in [3.8, 4) is 0 Å². The summed E-state index contributed by atoms with van der Waals surface area (Å²) < 4.78 is 33.3. The molecule has 0 N–H and O–H groups in total. The van der Waals surface area contributed by atoms with E-state index < -0.39 is 44.9 Å². The van der Waals surface area contributed by atoms with E-state index in [1.807, 2.05) is 56.3 Å². The van der Waals surface area contributed by atoms with E-state index in [2.05, 4.69) is 93.2 Å². The van der Waals surface area contributed by atoms with Gasteiger partial charge in [-0.05, 0) is 51.8 Å². The highest BCUT2D eigenvalue weighted by Gasteiger charge is 2.53. The van der Waals surface area contributed by atoms with Crippen LogP contribution in [0.15, 0.2) is 101 Å². The van der Waals surface area contributed by atoms with Gasteiger partial charge in [-0.25, -0.2) is 0 Å². The molecule has 3 aromatic rings. The number of azide groups is 1. The number of hydrogen-bond donors (Lipinski definition) is 0. The predicted molar refractivity (Wildman–Crippen MR) is 200 cm³/mol. The molecular weight excluding hydrogens is 667 g/mol. The second kappa shape index (κ2) is 16.5. The van der Waals surface area contributed by atoms with E-state index in [-0.39, 0.29) is 34.3 Å². The van der Waals surface area contributed by atoms with Gasteiger partial charge < -0.3 is 23.4 Å². The zero-order valence-corrected chi connectivity index (χ0v) is 32.2. The molecule has 9 nitrogen and oxygen atoms in total. The first-order valence-electron chi connectivity index (χ1n) is 17.5. The fourth-order valence-electron chi connectivity index (χ4n) is 7.38. The molecule has 3 aromatic carbocycles. The number of hydrogen-bond acceptors (Lipinski definition) is 8. The number of benzene rings is 3. The van der Waals surface area contributed by atoms with Crippen molar-refractivity contribution in [3.63, 3.8) is 0 Å². The lowest BCUT2D eigenvalue weighted by Gasteiger charge is -2.49. The van der Waals surface area contributed by atoms with Crippen molar-refractivity contribution in [2.24, 2.45) is 22.9 Å². The summed E-state index contributed by atoms with van der Waals surface area (Å²) in [7, 11) is -2.85. The Balaban J connectivity index is 1.44. The molecule has 11 heteroatoms. The summed E-state index contributed by atoms with van der Waals surface area (Å²) in [6.07, 6.45) is -3.01. The van der Waals surface area contributed by atoms with Crippen molar-refractivity contribution in [2.45, 2.75) is 108 Å². The van der Waals surface area contributed by atoms with E-state index in [1.165, 1.54) is 17.3 Å².